The molecule has 0 saturated carbocycles. The van der Waals surface area contributed by atoms with Crippen LogP contribution >= 0.6 is 0 Å². The summed E-state index contributed by atoms with van der Waals surface area (Å²) < 4.78 is 5.44. The van der Waals surface area contributed by atoms with E-state index in [4.69, 9.17) is 4.74 Å². The molecule has 17 heavy (non-hydrogen) atoms. The summed E-state index contributed by atoms with van der Waals surface area (Å²) in [5.41, 5.74) is 1.77. The molecule has 0 aliphatic carbocycles. The van der Waals surface area contributed by atoms with Gasteiger partial charge in [0.1, 0.15) is 6.10 Å². The largest absolute Gasteiger partial charge is 0.386 e. The van der Waals surface area contributed by atoms with Gasteiger partial charge >= 0.3 is 0 Å². The predicted octanol–water partition coefficient (Wildman–Crippen LogP) is 2.69. The third-order valence-corrected chi connectivity index (χ3v) is 2.63. The lowest BCUT2D eigenvalue weighted by molar-refractivity contribution is 0.00549. The Bertz CT molecular complexity index is 491. The van der Waals surface area contributed by atoms with Gasteiger partial charge in [-0.3, -0.25) is 4.98 Å². The van der Waals surface area contributed by atoms with Crippen LogP contribution in [0.25, 0.3) is 10.9 Å². The van der Waals surface area contributed by atoms with E-state index in [2.05, 4.69) is 4.98 Å². The van der Waals surface area contributed by atoms with Crippen molar-refractivity contribution in [2.75, 3.05) is 6.61 Å². The first-order valence-electron chi connectivity index (χ1n) is 5.82. The molecule has 1 aromatic carbocycles. The molecule has 3 heteroatoms. The highest BCUT2D eigenvalue weighted by Crippen LogP contribution is 2.23. The fourth-order valence-corrected chi connectivity index (χ4v) is 1.79. The number of nitrogens with zero attached hydrogens (tertiary/aromatic N) is 1. The van der Waals surface area contributed by atoms with Crippen molar-refractivity contribution in [3.8, 4) is 0 Å². The highest BCUT2D eigenvalue weighted by atomic mass is 16.5. The Balaban J connectivity index is 2.28. The molecule has 0 bridgehead atoms. The molecule has 1 N–H and O–H groups in total. The van der Waals surface area contributed by atoms with Crippen LogP contribution in [-0.4, -0.2) is 22.8 Å². The summed E-state index contributed by atoms with van der Waals surface area (Å²) in [5, 5.41) is 11.1. The Morgan fingerprint density at radius 3 is 2.82 bits per heavy atom. The summed E-state index contributed by atoms with van der Waals surface area (Å²) in [6.45, 7) is 4.22. The van der Waals surface area contributed by atoms with Crippen molar-refractivity contribution in [2.24, 2.45) is 0 Å². The van der Waals surface area contributed by atoms with E-state index in [0.29, 0.717) is 6.61 Å². The molecule has 0 spiro atoms. The normalized spacial score (nSPS) is 13.2. The second kappa shape index (κ2) is 5.25. The number of pyridine rings is 1. The standard InChI is InChI=1S/C14H17NO2/c1-10(2)17-9-14(16)12-5-3-7-13-11(12)6-4-8-15-13/h3-8,10,14,16H,9H2,1-2H3. The van der Waals surface area contributed by atoms with E-state index in [1.807, 2.05) is 44.2 Å². The minimum absolute atomic E-state index is 0.123. The van der Waals surface area contributed by atoms with Crippen molar-refractivity contribution in [3.63, 3.8) is 0 Å². The van der Waals surface area contributed by atoms with E-state index < -0.39 is 6.10 Å². The van der Waals surface area contributed by atoms with E-state index in [-0.39, 0.29) is 6.10 Å². The van der Waals surface area contributed by atoms with Gasteiger partial charge in [-0.25, -0.2) is 0 Å². The topological polar surface area (TPSA) is 42.4 Å². The van der Waals surface area contributed by atoms with Crippen molar-refractivity contribution < 1.29 is 9.84 Å². The molecule has 0 radical (unpaired) electrons. The molecule has 2 aromatic rings. The maximum absolute atomic E-state index is 10.1. The predicted molar refractivity (Wildman–Crippen MR) is 67.8 cm³/mol. The number of aliphatic hydroxyl groups excluding tert-OH is 1. The van der Waals surface area contributed by atoms with Gasteiger partial charge in [-0.2, -0.15) is 0 Å². The van der Waals surface area contributed by atoms with Gasteiger partial charge in [0.25, 0.3) is 0 Å². The lowest BCUT2D eigenvalue weighted by Gasteiger charge is -2.15. The zero-order chi connectivity index (χ0) is 12.3. The van der Waals surface area contributed by atoms with Crippen molar-refractivity contribution in [1.29, 1.82) is 0 Å². The van der Waals surface area contributed by atoms with E-state index in [9.17, 15) is 5.11 Å². The molecular weight excluding hydrogens is 214 g/mol. The number of rotatable bonds is 4. The Labute approximate surface area is 101 Å². The van der Waals surface area contributed by atoms with Gasteiger partial charge in [0.05, 0.1) is 18.2 Å². The molecule has 0 amide bonds. The zero-order valence-electron chi connectivity index (χ0n) is 10.1. The number of hydrogen-bond acceptors (Lipinski definition) is 3. The van der Waals surface area contributed by atoms with Crippen LogP contribution in [0.5, 0.6) is 0 Å². The molecule has 0 aliphatic heterocycles. The first-order valence-corrected chi connectivity index (χ1v) is 5.82. The summed E-state index contributed by atoms with van der Waals surface area (Å²) >= 11 is 0. The van der Waals surface area contributed by atoms with Gasteiger partial charge in [0, 0.05) is 11.6 Å². The SMILES string of the molecule is CC(C)OCC(O)c1cccc2ncccc12. The van der Waals surface area contributed by atoms with Gasteiger partial charge in [0.2, 0.25) is 0 Å². The number of aromatic nitrogens is 1. The number of aliphatic hydroxyl groups is 1. The Morgan fingerprint density at radius 2 is 2.06 bits per heavy atom. The highest BCUT2D eigenvalue weighted by molar-refractivity contribution is 5.82. The first kappa shape index (κ1) is 12.0. The van der Waals surface area contributed by atoms with Crippen LogP contribution < -0.4 is 0 Å². The van der Waals surface area contributed by atoms with Crippen LogP contribution in [0.2, 0.25) is 0 Å². The summed E-state index contributed by atoms with van der Waals surface area (Å²) in [6, 6.07) is 9.61. The lowest BCUT2D eigenvalue weighted by atomic mass is 10.0. The summed E-state index contributed by atoms with van der Waals surface area (Å²) in [7, 11) is 0. The lowest BCUT2D eigenvalue weighted by Crippen LogP contribution is -2.12. The molecule has 3 nitrogen and oxygen atoms in total. The molecule has 1 aromatic heterocycles. The maximum atomic E-state index is 10.1. The monoisotopic (exact) mass is 231 g/mol. The Morgan fingerprint density at radius 1 is 1.24 bits per heavy atom. The van der Waals surface area contributed by atoms with Gasteiger partial charge in [-0.1, -0.05) is 18.2 Å². The molecule has 2 rings (SSSR count). The van der Waals surface area contributed by atoms with E-state index in [1.54, 1.807) is 6.20 Å². The summed E-state index contributed by atoms with van der Waals surface area (Å²) in [6.07, 6.45) is 1.27. The van der Waals surface area contributed by atoms with Gasteiger partial charge in [-0.05, 0) is 31.5 Å². The second-order valence-electron chi connectivity index (χ2n) is 4.32. The minimum Gasteiger partial charge on any atom is -0.386 e. The fourth-order valence-electron chi connectivity index (χ4n) is 1.79. The van der Waals surface area contributed by atoms with Crippen LogP contribution in [0.15, 0.2) is 36.5 Å². The minimum atomic E-state index is -0.606. The molecule has 0 saturated heterocycles. The third-order valence-electron chi connectivity index (χ3n) is 2.63. The van der Waals surface area contributed by atoms with Crippen molar-refractivity contribution in [3.05, 3.63) is 42.1 Å². The van der Waals surface area contributed by atoms with E-state index >= 15 is 0 Å². The van der Waals surface area contributed by atoms with Crippen molar-refractivity contribution >= 4 is 10.9 Å². The molecule has 90 valence electrons. The number of fused-ring (bicyclic) bond motifs is 1. The molecule has 0 aliphatic rings. The van der Waals surface area contributed by atoms with Gasteiger partial charge in [0.15, 0.2) is 0 Å². The molecule has 1 heterocycles. The molecular formula is C14H17NO2. The van der Waals surface area contributed by atoms with E-state index in [0.717, 1.165) is 16.5 Å². The average Bonchev–Trinajstić information content (AvgIpc) is 2.35. The maximum Gasteiger partial charge on any atom is 0.103 e. The number of benzene rings is 1. The molecule has 1 unspecified atom stereocenters. The van der Waals surface area contributed by atoms with Crippen LogP contribution in [-0.2, 0) is 4.74 Å². The summed E-state index contributed by atoms with van der Waals surface area (Å²) in [5.74, 6) is 0. The fraction of sp³-hybridized carbons (Fsp3) is 0.357. The zero-order valence-corrected chi connectivity index (χ0v) is 10.1. The third kappa shape index (κ3) is 2.81. The Kier molecular flexibility index (Phi) is 3.71. The van der Waals surface area contributed by atoms with Crippen LogP contribution in [0.1, 0.15) is 25.5 Å². The smallest absolute Gasteiger partial charge is 0.103 e. The molecule has 1 atom stereocenters. The number of ether oxygens (including phenoxy) is 1. The van der Waals surface area contributed by atoms with Crippen molar-refractivity contribution in [1.82, 2.24) is 4.98 Å². The van der Waals surface area contributed by atoms with Gasteiger partial charge < -0.3 is 9.84 Å². The quantitative estimate of drug-likeness (QED) is 0.879. The van der Waals surface area contributed by atoms with Gasteiger partial charge in [-0.15, -0.1) is 0 Å². The molecule has 0 fully saturated rings. The highest BCUT2D eigenvalue weighted by Gasteiger charge is 2.12. The Hall–Kier alpha value is -1.45. The van der Waals surface area contributed by atoms with Crippen molar-refractivity contribution in [2.45, 2.75) is 26.1 Å². The average molecular weight is 231 g/mol. The van der Waals surface area contributed by atoms with E-state index in [1.165, 1.54) is 0 Å². The van der Waals surface area contributed by atoms with Crippen LogP contribution in [0.4, 0.5) is 0 Å². The first-order chi connectivity index (χ1) is 8.18. The second-order valence-corrected chi connectivity index (χ2v) is 4.32. The van der Waals surface area contributed by atoms with Crippen LogP contribution in [0.3, 0.4) is 0 Å². The summed E-state index contributed by atoms with van der Waals surface area (Å²) in [4.78, 5) is 4.27. The van der Waals surface area contributed by atoms with Crippen LogP contribution in [0, 0.1) is 0 Å². The number of hydrogen-bond donors (Lipinski definition) is 1.